The third-order valence-corrected chi connectivity index (χ3v) is 2.57. The Kier molecular flexibility index (Phi) is 5.36. The Hall–Kier alpha value is -0.364. The summed E-state index contributed by atoms with van der Waals surface area (Å²) >= 11 is 0. The Labute approximate surface area is 99.7 Å². The molecule has 0 fully saturated rings. The van der Waals surface area contributed by atoms with Gasteiger partial charge >= 0.3 is 23.1 Å². The van der Waals surface area contributed by atoms with E-state index in [2.05, 4.69) is 6.58 Å². The van der Waals surface area contributed by atoms with E-state index in [9.17, 15) is 8.42 Å². The normalized spacial score (nSPS) is 10.4. The van der Waals surface area contributed by atoms with Gasteiger partial charge in [0.2, 0.25) is 0 Å². The first kappa shape index (κ1) is 13.6. The van der Waals surface area contributed by atoms with Gasteiger partial charge < -0.3 is 0 Å². The summed E-state index contributed by atoms with van der Waals surface area (Å²) in [6.45, 7) is 3.50. The number of allylic oxidation sites excluding steroid dienone is 1. The van der Waals surface area contributed by atoms with Crippen molar-refractivity contribution in [1.82, 2.24) is 0 Å². The van der Waals surface area contributed by atoms with Gasteiger partial charge in [0.1, 0.15) is 0 Å². The molecule has 0 saturated carbocycles. The highest BCUT2D eigenvalue weighted by Crippen LogP contribution is 2.15. The van der Waals surface area contributed by atoms with Crippen molar-refractivity contribution in [3.63, 3.8) is 0 Å². The third-order valence-electron chi connectivity index (χ3n) is 1.61. The average molecular weight is 225 g/mol. The van der Waals surface area contributed by atoms with Gasteiger partial charge in [0.05, 0.1) is 4.90 Å². The van der Waals surface area contributed by atoms with Crippen LogP contribution in [0.25, 0.3) is 0 Å². The van der Waals surface area contributed by atoms with Crippen LogP contribution in [0.4, 0.5) is 0 Å². The lowest BCUT2D eigenvalue weighted by molar-refractivity contribution is 0.482. The largest absolute Gasteiger partial charge is 0.316 e. The fraction of sp³-hybridized carbons (Fsp3) is 0.111. The molecule has 0 aliphatic carbocycles. The van der Waals surface area contributed by atoms with Crippen molar-refractivity contribution in [2.75, 3.05) is 0 Å². The highest BCUT2D eigenvalue weighted by Gasteiger charge is 2.12. The molecule has 0 heterocycles. The molecule has 0 aliphatic rings. The molecule has 0 bridgehead atoms. The predicted octanol–water partition coefficient (Wildman–Crippen LogP) is 0.746. The van der Waals surface area contributed by atoms with Crippen LogP contribution < -0.4 is 0 Å². The molecule has 0 aliphatic heterocycles. The zero-order chi connectivity index (χ0) is 9.90. The van der Waals surface area contributed by atoms with Crippen molar-refractivity contribution in [3.05, 3.63) is 42.5 Å². The van der Waals surface area contributed by atoms with Crippen LogP contribution in [0, 0.1) is 0 Å². The molecular formula is C9H12MgO3S. The van der Waals surface area contributed by atoms with Crippen molar-refractivity contribution >= 4 is 33.2 Å². The summed E-state index contributed by atoms with van der Waals surface area (Å²) in [6, 6.07) is 6.29. The lowest BCUT2D eigenvalue weighted by Crippen LogP contribution is -2.02. The molecule has 0 aromatic heterocycles. The van der Waals surface area contributed by atoms with Gasteiger partial charge in [0.15, 0.2) is 0 Å². The first-order valence-corrected chi connectivity index (χ1v) is 5.16. The molecule has 0 spiro atoms. The van der Waals surface area contributed by atoms with E-state index in [0.717, 1.165) is 0 Å². The van der Waals surface area contributed by atoms with E-state index in [1.165, 1.54) is 6.07 Å². The standard InChI is InChI=1S/C9H10O3S.Mg.2H/c1-2-5-8-6-3-4-7-9(8)13(10,11)12;;;/h2-4,6-7H,1,5H2,(H,10,11,12);;;. The van der Waals surface area contributed by atoms with E-state index in [4.69, 9.17) is 4.55 Å². The molecule has 5 heteroatoms. The highest BCUT2D eigenvalue weighted by atomic mass is 32.2. The van der Waals surface area contributed by atoms with E-state index in [-0.39, 0.29) is 27.9 Å². The minimum atomic E-state index is -4.10. The first-order chi connectivity index (χ1) is 6.05. The summed E-state index contributed by atoms with van der Waals surface area (Å²) in [4.78, 5) is -0.0464. The van der Waals surface area contributed by atoms with Gasteiger partial charge in [-0.3, -0.25) is 4.55 Å². The number of benzene rings is 1. The zero-order valence-corrected chi connectivity index (χ0v) is 7.79. The summed E-state index contributed by atoms with van der Waals surface area (Å²) in [6.07, 6.45) is 2.01. The molecule has 1 aromatic carbocycles. The van der Waals surface area contributed by atoms with Crippen LogP contribution in [0.2, 0.25) is 0 Å². The van der Waals surface area contributed by atoms with Crippen LogP contribution in [-0.4, -0.2) is 36.0 Å². The smallest absolute Gasteiger partial charge is 0.282 e. The second-order valence-corrected chi connectivity index (χ2v) is 3.97. The lowest BCUT2D eigenvalue weighted by atomic mass is 10.1. The molecule has 74 valence electrons. The van der Waals surface area contributed by atoms with Gasteiger partial charge in [-0.15, -0.1) is 6.58 Å². The fourth-order valence-electron chi connectivity index (χ4n) is 1.08. The number of rotatable bonds is 3. The third kappa shape index (κ3) is 3.41. The van der Waals surface area contributed by atoms with Crippen molar-refractivity contribution in [2.24, 2.45) is 0 Å². The summed E-state index contributed by atoms with van der Waals surface area (Å²) in [5.41, 5.74) is 0.556. The number of hydrogen-bond acceptors (Lipinski definition) is 2. The molecule has 1 rings (SSSR count). The van der Waals surface area contributed by atoms with Crippen LogP contribution in [0.1, 0.15) is 5.56 Å². The van der Waals surface area contributed by atoms with E-state index in [0.29, 0.717) is 12.0 Å². The Morgan fingerprint density at radius 1 is 1.36 bits per heavy atom. The maximum absolute atomic E-state index is 10.8. The Balaban J connectivity index is 0.00000169. The van der Waals surface area contributed by atoms with Gasteiger partial charge in [-0.05, 0) is 18.1 Å². The minimum absolute atomic E-state index is 0. The molecule has 0 amide bonds. The summed E-state index contributed by atoms with van der Waals surface area (Å²) in [5, 5.41) is 0. The summed E-state index contributed by atoms with van der Waals surface area (Å²) in [5.74, 6) is 0. The van der Waals surface area contributed by atoms with E-state index in [1.54, 1.807) is 24.3 Å². The second kappa shape index (κ2) is 5.50. The molecule has 0 unspecified atom stereocenters. The maximum Gasteiger partial charge on any atom is 0.316 e. The topological polar surface area (TPSA) is 54.4 Å². The summed E-state index contributed by atoms with van der Waals surface area (Å²) in [7, 11) is -4.10. The van der Waals surface area contributed by atoms with Crippen molar-refractivity contribution in [3.8, 4) is 0 Å². The Morgan fingerprint density at radius 3 is 2.43 bits per heavy atom. The molecule has 0 atom stereocenters. The minimum Gasteiger partial charge on any atom is -0.282 e. The molecule has 0 saturated heterocycles. The average Bonchev–Trinajstić information content (AvgIpc) is 2.04. The Bertz CT molecular complexity index is 412. The van der Waals surface area contributed by atoms with Gasteiger partial charge in [-0.25, -0.2) is 0 Å². The molecular weight excluding hydrogens is 212 g/mol. The van der Waals surface area contributed by atoms with E-state index in [1.807, 2.05) is 0 Å². The van der Waals surface area contributed by atoms with Gasteiger partial charge in [-0.1, -0.05) is 24.3 Å². The molecule has 1 N–H and O–H groups in total. The van der Waals surface area contributed by atoms with Gasteiger partial charge in [0.25, 0.3) is 10.1 Å². The monoisotopic (exact) mass is 224 g/mol. The Morgan fingerprint density at radius 2 is 1.93 bits per heavy atom. The van der Waals surface area contributed by atoms with Crippen LogP contribution in [0.5, 0.6) is 0 Å². The van der Waals surface area contributed by atoms with E-state index < -0.39 is 10.1 Å². The maximum atomic E-state index is 10.8. The second-order valence-electron chi connectivity index (χ2n) is 2.58. The quantitative estimate of drug-likeness (QED) is 0.468. The van der Waals surface area contributed by atoms with Crippen molar-refractivity contribution in [2.45, 2.75) is 11.3 Å². The van der Waals surface area contributed by atoms with Crippen LogP contribution in [0.3, 0.4) is 0 Å². The predicted molar refractivity (Wildman–Crippen MR) is 58.7 cm³/mol. The molecule has 14 heavy (non-hydrogen) atoms. The van der Waals surface area contributed by atoms with Gasteiger partial charge in [-0.2, -0.15) is 8.42 Å². The fourth-order valence-corrected chi connectivity index (χ4v) is 1.81. The molecule has 0 radical (unpaired) electrons. The number of hydrogen-bond donors (Lipinski definition) is 1. The lowest BCUT2D eigenvalue weighted by Gasteiger charge is -2.02. The SMILES string of the molecule is C=CCc1ccccc1S(=O)(=O)O.[MgH2]. The first-order valence-electron chi connectivity index (χ1n) is 3.72. The summed E-state index contributed by atoms with van der Waals surface area (Å²) < 4.78 is 30.5. The van der Waals surface area contributed by atoms with E-state index >= 15 is 0 Å². The van der Waals surface area contributed by atoms with Crippen LogP contribution >= 0.6 is 0 Å². The molecule has 1 aromatic rings. The molecule has 3 nitrogen and oxygen atoms in total. The van der Waals surface area contributed by atoms with Gasteiger partial charge in [0, 0.05) is 0 Å². The van der Waals surface area contributed by atoms with Crippen molar-refractivity contribution < 1.29 is 13.0 Å². The zero-order valence-electron chi connectivity index (χ0n) is 6.97. The van der Waals surface area contributed by atoms with Crippen molar-refractivity contribution in [1.29, 1.82) is 0 Å². The van der Waals surface area contributed by atoms with Crippen LogP contribution in [0.15, 0.2) is 41.8 Å². The van der Waals surface area contributed by atoms with Crippen LogP contribution in [-0.2, 0) is 16.5 Å². The highest BCUT2D eigenvalue weighted by molar-refractivity contribution is 7.85.